The van der Waals surface area contributed by atoms with Crippen molar-refractivity contribution >= 4 is 11.6 Å². The molecule has 0 radical (unpaired) electrons. The molecule has 4 aliphatic carbocycles. The lowest BCUT2D eigenvalue weighted by Gasteiger charge is -2.54. The predicted octanol–water partition coefficient (Wildman–Crippen LogP) is 2.85. The Morgan fingerprint density at radius 2 is 2.12 bits per heavy atom. The summed E-state index contributed by atoms with van der Waals surface area (Å²) >= 11 is 0. The highest BCUT2D eigenvalue weighted by molar-refractivity contribution is 6.01. The van der Waals surface area contributed by atoms with E-state index in [4.69, 9.17) is 4.74 Å². The summed E-state index contributed by atoms with van der Waals surface area (Å²) in [5, 5.41) is 9.52. The highest BCUT2D eigenvalue weighted by Crippen LogP contribution is 2.75. The molecular weight excluding hydrogens is 328 g/mol. The van der Waals surface area contributed by atoms with Crippen LogP contribution >= 0.6 is 0 Å². The Morgan fingerprint density at radius 3 is 2.85 bits per heavy atom. The van der Waals surface area contributed by atoms with Crippen LogP contribution in [-0.4, -0.2) is 35.0 Å². The molecule has 1 heterocycles. The van der Waals surface area contributed by atoms with Crippen LogP contribution < -0.4 is 0 Å². The molecule has 5 aliphatic rings. The van der Waals surface area contributed by atoms with Gasteiger partial charge >= 0.3 is 0 Å². The first-order chi connectivity index (χ1) is 12.3. The fourth-order valence-electron chi connectivity index (χ4n) is 7.80. The number of carbonyl (C=O) groups excluding carboxylic acids is 2. The summed E-state index contributed by atoms with van der Waals surface area (Å²) in [6.45, 7) is 6.33. The van der Waals surface area contributed by atoms with Crippen molar-refractivity contribution in [2.24, 2.45) is 34.5 Å². The molecule has 0 aromatic rings. The summed E-state index contributed by atoms with van der Waals surface area (Å²) in [6.07, 6.45) is 9.68. The van der Waals surface area contributed by atoms with Crippen LogP contribution in [0, 0.1) is 34.5 Å². The maximum atomic E-state index is 12.5. The maximum Gasteiger partial charge on any atom is 0.178 e. The minimum Gasteiger partial charge on any atom is -0.389 e. The van der Waals surface area contributed by atoms with Gasteiger partial charge in [-0.3, -0.25) is 9.59 Å². The predicted molar refractivity (Wildman–Crippen MR) is 96.2 cm³/mol. The van der Waals surface area contributed by atoms with Crippen LogP contribution in [0.15, 0.2) is 23.8 Å². The van der Waals surface area contributed by atoms with E-state index in [-0.39, 0.29) is 46.6 Å². The fraction of sp³-hybridized carbons (Fsp3) is 0.727. The molecule has 0 bridgehead atoms. The lowest BCUT2D eigenvalue weighted by atomic mass is 9.47. The average Bonchev–Trinajstić information content (AvgIpc) is 3.24. The first kappa shape index (κ1) is 16.9. The van der Waals surface area contributed by atoms with Crippen LogP contribution in [0.2, 0.25) is 0 Å². The van der Waals surface area contributed by atoms with Crippen molar-refractivity contribution in [2.45, 2.75) is 58.2 Å². The largest absolute Gasteiger partial charge is 0.389 e. The van der Waals surface area contributed by atoms with E-state index in [0.717, 1.165) is 25.7 Å². The monoisotopic (exact) mass is 356 g/mol. The van der Waals surface area contributed by atoms with Crippen molar-refractivity contribution in [3.8, 4) is 0 Å². The molecule has 1 spiro atoms. The molecule has 140 valence electrons. The molecule has 0 aromatic heterocycles. The number of aliphatic hydroxyl groups excluding tert-OH is 1. The number of epoxide rings is 1. The Balaban J connectivity index is 1.57. The second-order valence-electron chi connectivity index (χ2n) is 9.78. The van der Waals surface area contributed by atoms with Crippen LogP contribution in [0.5, 0.6) is 0 Å². The number of hydrogen-bond donors (Lipinski definition) is 1. The van der Waals surface area contributed by atoms with Gasteiger partial charge in [-0.05, 0) is 67.9 Å². The smallest absolute Gasteiger partial charge is 0.178 e. The van der Waals surface area contributed by atoms with Gasteiger partial charge in [-0.15, -0.1) is 0 Å². The van der Waals surface area contributed by atoms with E-state index in [1.165, 1.54) is 5.57 Å². The average molecular weight is 356 g/mol. The second-order valence-corrected chi connectivity index (χ2v) is 9.78. The quantitative estimate of drug-likeness (QED) is 0.773. The Labute approximate surface area is 154 Å². The number of rotatable bonds is 2. The second kappa shape index (κ2) is 4.96. The first-order valence-corrected chi connectivity index (χ1v) is 10.0. The van der Waals surface area contributed by atoms with Gasteiger partial charge in [-0.2, -0.15) is 0 Å². The molecule has 5 rings (SSSR count). The van der Waals surface area contributed by atoms with Gasteiger partial charge in [-0.25, -0.2) is 0 Å². The zero-order valence-electron chi connectivity index (χ0n) is 15.8. The third kappa shape index (κ3) is 1.73. The highest BCUT2D eigenvalue weighted by Gasteiger charge is 2.79. The molecule has 1 aliphatic heterocycles. The van der Waals surface area contributed by atoms with Gasteiger partial charge in [0.15, 0.2) is 11.6 Å². The SMILES string of the molecule is C[C@@H]1C[C@H]2C3CCC4=CC(=O)C=C[C@]4(C)[C@@]34O[C@H]4C[C@]2(C)[C@H]1C(=O)CO. The molecule has 1 unspecified atom stereocenters. The first-order valence-electron chi connectivity index (χ1n) is 10.0. The Kier molecular flexibility index (Phi) is 3.22. The van der Waals surface area contributed by atoms with Crippen LogP contribution in [0.4, 0.5) is 0 Å². The third-order valence-electron chi connectivity index (χ3n) is 8.78. The molecule has 0 amide bonds. The molecule has 26 heavy (non-hydrogen) atoms. The van der Waals surface area contributed by atoms with Crippen molar-refractivity contribution in [2.75, 3.05) is 6.61 Å². The normalized spacial score (nSPS) is 53.9. The van der Waals surface area contributed by atoms with Crippen LogP contribution in [0.1, 0.15) is 46.5 Å². The summed E-state index contributed by atoms with van der Waals surface area (Å²) in [6, 6.07) is 0. The number of ether oxygens (including phenoxy) is 1. The van der Waals surface area contributed by atoms with E-state index in [2.05, 4.69) is 26.8 Å². The minimum atomic E-state index is -0.353. The highest BCUT2D eigenvalue weighted by atomic mass is 16.6. The maximum absolute atomic E-state index is 12.5. The lowest BCUT2D eigenvalue weighted by molar-refractivity contribution is -0.132. The van der Waals surface area contributed by atoms with Gasteiger partial charge in [0.25, 0.3) is 0 Å². The van der Waals surface area contributed by atoms with Gasteiger partial charge in [0.05, 0.1) is 6.10 Å². The van der Waals surface area contributed by atoms with Crippen molar-refractivity contribution in [3.05, 3.63) is 23.8 Å². The molecule has 4 fully saturated rings. The van der Waals surface area contributed by atoms with Crippen molar-refractivity contribution < 1.29 is 19.4 Å². The number of aliphatic hydroxyl groups is 1. The zero-order valence-corrected chi connectivity index (χ0v) is 15.8. The van der Waals surface area contributed by atoms with E-state index >= 15 is 0 Å². The number of allylic oxidation sites excluding steroid dienone is 2. The summed E-state index contributed by atoms with van der Waals surface area (Å²) in [5.41, 5.74) is 0.745. The summed E-state index contributed by atoms with van der Waals surface area (Å²) in [5.74, 6) is 1.21. The van der Waals surface area contributed by atoms with Crippen LogP contribution in [0.3, 0.4) is 0 Å². The number of ketones is 2. The zero-order chi connectivity index (χ0) is 18.5. The summed E-state index contributed by atoms with van der Waals surface area (Å²) in [7, 11) is 0. The molecule has 1 saturated heterocycles. The van der Waals surface area contributed by atoms with E-state index in [9.17, 15) is 14.7 Å². The van der Waals surface area contributed by atoms with Gasteiger partial charge in [0.1, 0.15) is 12.2 Å². The number of carbonyl (C=O) groups is 2. The summed E-state index contributed by atoms with van der Waals surface area (Å²) in [4.78, 5) is 24.4. The standard InChI is InChI=1S/C22H28O4/c1-12-8-16-15-5-4-13-9-14(24)6-7-21(13,3)22(15)18(26-22)10-20(16,2)19(12)17(25)11-23/h6-7,9,12,15-16,18-19,23H,4-5,8,10-11H2,1-3H3/t12-,15?,16+,18+,19-,20+,21+,22-/m1/s1. The Morgan fingerprint density at radius 1 is 1.35 bits per heavy atom. The van der Waals surface area contributed by atoms with Crippen LogP contribution in [-0.2, 0) is 14.3 Å². The molecular formula is C22H28O4. The number of hydrogen-bond acceptors (Lipinski definition) is 4. The van der Waals surface area contributed by atoms with Crippen LogP contribution in [0.25, 0.3) is 0 Å². The van der Waals surface area contributed by atoms with Gasteiger partial charge in [0.2, 0.25) is 0 Å². The topological polar surface area (TPSA) is 66.9 Å². The lowest BCUT2D eigenvalue weighted by Crippen LogP contribution is -2.57. The Bertz CT molecular complexity index is 766. The minimum absolute atomic E-state index is 0.00131. The number of Topliss-reactive ketones (excluding diaryl/α,β-unsaturated/α-hetero) is 1. The molecule has 0 aromatic carbocycles. The van der Waals surface area contributed by atoms with Crippen molar-refractivity contribution in [1.82, 2.24) is 0 Å². The van der Waals surface area contributed by atoms with Gasteiger partial charge in [0, 0.05) is 11.3 Å². The molecule has 4 nitrogen and oxygen atoms in total. The molecule has 8 atom stereocenters. The van der Waals surface area contributed by atoms with Gasteiger partial charge < -0.3 is 9.84 Å². The molecule has 1 N–H and O–H groups in total. The number of fused-ring (bicyclic) bond motifs is 3. The third-order valence-corrected chi connectivity index (χ3v) is 8.78. The van der Waals surface area contributed by atoms with Gasteiger partial charge in [-0.1, -0.05) is 25.5 Å². The molecule has 4 heteroatoms. The van der Waals surface area contributed by atoms with E-state index < -0.39 is 0 Å². The van der Waals surface area contributed by atoms with E-state index in [1.807, 2.05) is 6.08 Å². The van der Waals surface area contributed by atoms with Crippen molar-refractivity contribution in [3.63, 3.8) is 0 Å². The van der Waals surface area contributed by atoms with E-state index in [0.29, 0.717) is 17.8 Å². The van der Waals surface area contributed by atoms with E-state index in [1.54, 1.807) is 6.08 Å². The van der Waals surface area contributed by atoms with Crippen molar-refractivity contribution in [1.29, 1.82) is 0 Å². The Hall–Kier alpha value is -1.26. The fourth-order valence-corrected chi connectivity index (χ4v) is 7.80. The summed E-state index contributed by atoms with van der Waals surface area (Å²) < 4.78 is 6.50. The molecule has 3 saturated carbocycles.